The summed E-state index contributed by atoms with van der Waals surface area (Å²) in [6.45, 7) is 6.85. The van der Waals surface area contributed by atoms with Gasteiger partial charge < -0.3 is 16.4 Å². The van der Waals surface area contributed by atoms with E-state index in [2.05, 4.69) is 10.6 Å². The Hall–Kier alpha value is -1.10. The minimum Gasteiger partial charge on any atom is -0.352 e. The number of hydrogen-bond donors (Lipinski definition) is 3. The minimum atomic E-state index is -0.946. The van der Waals surface area contributed by atoms with Gasteiger partial charge in [-0.05, 0) is 27.7 Å². The van der Waals surface area contributed by atoms with Gasteiger partial charge in [-0.2, -0.15) is 0 Å². The van der Waals surface area contributed by atoms with Crippen LogP contribution >= 0.6 is 0 Å². The maximum absolute atomic E-state index is 11.2. The number of rotatable bonds is 4. The Morgan fingerprint density at radius 2 is 1.86 bits per heavy atom. The van der Waals surface area contributed by atoms with E-state index in [9.17, 15) is 9.59 Å². The van der Waals surface area contributed by atoms with Crippen molar-refractivity contribution in [1.82, 2.24) is 10.6 Å². The molecule has 0 aromatic rings. The fraction of sp³-hybridized carbons (Fsp3) is 0.778. The summed E-state index contributed by atoms with van der Waals surface area (Å²) in [7, 11) is 0. The van der Waals surface area contributed by atoms with E-state index in [-0.39, 0.29) is 24.4 Å². The molecule has 5 nitrogen and oxygen atoms in total. The third-order valence-corrected chi connectivity index (χ3v) is 1.44. The Bertz CT molecular complexity index is 219. The van der Waals surface area contributed by atoms with Crippen molar-refractivity contribution in [3.63, 3.8) is 0 Å². The summed E-state index contributed by atoms with van der Waals surface area (Å²) < 4.78 is 0. The summed E-state index contributed by atoms with van der Waals surface area (Å²) in [5.41, 5.74) is 4.58. The largest absolute Gasteiger partial charge is 0.352 e. The summed E-state index contributed by atoms with van der Waals surface area (Å²) in [5.74, 6) is -0.547. The monoisotopic (exact) mass is 201 g/mol. The number of carbonyl (C=O) groups is 2. The molecule has 0 bridgehead atoms. The molecule has 14 heavy (non-hydrogen) atoms. The van der Waals surface area contributed by atoms with Crippen molar-refractivity contribution in [3.8, 4) is 0 Å². The second-order valence-electron chi connectivity index (χ2n) is 4.13. The van der Waals surface area contributed by atoms with Crippen LogP contribution in [-0.4, -0.2) is 29.9 Å². The summed E-state index contributed by atoms with van der Waals surface area (Å²) in [5, 5.41) is 5.11. The Morgan fingerprint density at radius 3 is 2.21 bits per heavy atom. The standard InChI is InChI=1S/C9H19N3O2/c1-6(2)12-7(13)5-11-8(14)9(3,4)10/h6H,5,10H2,1-4H3,(H,11,14)(H,12,13). The second-order valence-corrected chi connectivity index (χ2v) is 4.13. The summed E-state index contributed by atoms with van der Waals surface area (Å²) in [6.07, 6.45) is 0. The highest BCUT2D eigenvalue weighted by atomic mass is 16.2. The van der Waals surface area contributed by atoms with Crippen LogP contribution in [0.15, 0.2) is 0 Å². The Morgan fingerprint density at radius 1 is 1.36 bits per heavy atom. The average Bonchev–Trinajstić information content (AvgIpc) is 1.96. The van der Waals surface area contributed by atoms with Crippen molar-refractivity contribution in [2.24, 2.45) is 5.73 Å². The van der Waals surface area contributed by atoms with Gasteiger partial charge >= 0.3 is 0 Å². The molecule has 0 spiro atoms. The van der Waals surface area contributed by atoms with Crippen molar-refractivity contribution >= 4 is 11.8 Å². The molecule has 5 heteroatoms. The zero-order valence-electron chi connectivity index (χ0n) is 9.18. The van der Waals surface area contributed by atoms with Crippen LogP contribution in [0.2, 0.25) is 0 Å². The molecule has 0 aliphatic heterocycles. The number of nitrogens with one attached hydrogen (secondary N) is 2. The van der Waals surface area contributed by atoms with Crippen LogP contribution < -0.4 is 16.4 Å². The van der Waals surface area contributed by atoms with E-state index in [0.29, 0.717) is 0 Å². The van der Waals surface area contributed by atoms with E-state index in [0.717, 1.165) is 0 Å². The first-order chi connectivity index (χ1) is 6.23. The van der Waals surface area contributed by atoms with Gasteiger partial charge in [0.1, 0.15) is 0 Å². The molecule has 0 radical (unpaired) electrons. The van der Waals surface area contributed by atoms with Crippen LogP contribution in [0.5, 0.6) is 0 Å². The van der Waals surface area contributed by atoms with Gasteiger partial charge in [-0.1, -0.05) is 0 Å². The van der Waals surface area contributed by atoms with Crippen molar-refractivity contribution in [3.05, 3.63) is 0 Å². The maximum atomic E-state index is 11.2. The molecule has 0 aliphatic rings. The van der Waals surface area contributed by atoms with Crippen LogP contribution in [0.3, 0.4) is 0 Å². The van der Waals surface area contributed by atoms with Crippen molar-refractivity contribution in [1.29, 1.82) is 0 Å². The van der Waals surface area contributed by atoms with E-state index < -0.39 is 5.54 Å². The van der Waals surface area contributed by atoms with Crippen LogP contribution in [-0.2, 0) is 9.59 Å². The molecule has 2 amide bonds. The van der Waals surface area contributed by atoms with Gasteiger partial charge in [0.2, 0.25) is 11.8 Å². The summed E-state index contributed by atoms with van der Waals surface area (Å²) >= 11 is 0. The molecule has 0 rings (SSSR count). The zero-order chi connectivity index (χ0) is 11.4. The number of amides is 2. The van der Waals surface area contributed by atoms with E-state index >= 15 is 0 Å². The minimum absolute atomic E-state index is 0.0301. The van der Waals surface area contributed by atoms with Crippen LogP contribution in [0, 0.1) is 0 Å². The highest BCUT2D eigenvalue weighted by Crippen LogP contribution is 1.94. The van der Waals surface area contributed by atoms with Gasteiger partial charge in [0.05, 0.1) is 12.1 Å². The first-order valence-electron chi connectivity index (χ1n) is 4.60. The van der Waals surface area contributed by atoms with E-state index in [1.807, 2.05) is 13.8 Å². The highest BCUT2D eigenvalue weighted by Gasteiger charge is 2.21. The molecule has 82 valence electrons. The lowest BCUT2D eigenvalue weighted by molar-refractivity contribution is -0.128. The van der Waals surface area contributed by atoms with Crippen LogP contribution in [0.25, 0.3) is 0 Å². The quantitative estimate of drug-likeness (QED) is 0.566. The topological polar surface area (TPSA) is 84.2 Å². The van der Waals surface area contributed by atoms with Crippen molar-refractivity contribution < 1.29 is 9.59 Å². The van der Waals surface area contributed by atoms with Gasteiger partial charge in [-0.3, -0.25) is 9.59 Å². The Balaban J connectivity index is 3.84. The van der Waals surface area contributed by atoms with Gasteiger partial charge in [0, 0.05) is 6.04 Å². The third-order valence-electron chi connectivity index (χ3n) is 1.44. The van der Waals surface area contributed by atoms with Crippen molar-refractivity contribution in [2.75, 3.05) is 6.54 Å². The van der Waals surface area contributed by atoms with Gasteiger partial charge in [0.15, 0.2) is 0 Å². The van der Waals surface area contributed by atoms with Crippen LogP contribution in [0.1, 0.15) is 27.7 Å². The van der Waals surface area contributed by atoms with Gasteiger partial charge in [-0.15, -0.1) is 0 Å². The molecular weight excluding hydrogens is 182 g/mol. The Labute approximate surface area is 84.4 Å². The molecule has 4 N–H and O–H groups in total. The summed E-state index contributed by atoms with van der Waals surface area (Å²) in [6, 6.07) is 0.0743. The molecular formula is C9H19N3O2. The normalized spacial score (nSPS) is 11.3. The summed E-state index contributed by atoms with van der Waals surface area (Å²) in [4.78, 5) is 22.4. The fourth-order valence-corrected chi connectivity index (χ4v) is 0.761. The lowest BCUT2D eigenvalue weighted by Gasteiger charge is -2.17. The number of nitrogens with two attached hydrogens (primary N) is 1. The predicted octanol–water partition coefficient (Wildman–Crippen LogP) is -0.635. The van der Waals surface area contributed by atoms with Crippen LogP contribution in [0.4, 0.5) is 0 Å². The lowest BCUT2D eigenvalue weighted by Crippen LogP contribution is -2.51. The smallest absolute Gasteiger partial charge is 0.239 e. The number of carbonyl (C=O) groups excluding carboxylic acids is 2. The molecule has 0 unspecified atom stereocenters. The first kappa shape index (κ1) is 12.9. The predicted molar refractivity (Wildman–Crippen MR) is 54.6 cm³/mol. The second kappa shape index (κ2) is 4.95. The molecule has 0 aliphatic carbocycles. The van der Waals surface area contributed by atoms with Crippen molar-refractivity contribution in [2.45, 2.75) is 39.3 Å². The molecule has 0 saturated heterocycles. The molecule has 0 heterocycles. The first-order valence-corrected chi connectivity index (χ1v) is 4.60. The molecule has 0 saturated carbocycles. The molecule has 0 aromatic carbocycles. The third kappa shape index (κ3) is 5.53. The van der Waals surface area contributed by atoms with Gasteiger partial charge in [-0.25, -0.2) is 0 Å². The molecule has 0 fully saturated rings. The zero-order valence-corrected chi connectivity index (χ0v) is 9.18. The lowest BCUT2D eigenvalue weighted by atomic mass is 10.1. The van der Waals surface area contributed by atoms with E-state index in [1.165, 1.54) is 0 Å². The highest BCUT2D eigenvalue weighted by molar-refractivity contribution is 5.89. The molecule has 0 atom stereocenters. The SMILES string of the molecule is CC(C)NC(=O)CNC(=O)C(C)(C)N. The molecule has 0 aromatic heterocycles. The fourth-order valence-electron chi connectivity index (χ4n) is 0.761. The van der Waals surface area contributed by atoms with E-state index in [4.69, 9.17) is 5.73 Å². The maximum Gasteiger partial charge on any atom is 0.239 e. The van der Waals surface area contributed by atoms with Gasteiger partial charge in [0.25, 0.3) is 0 Å². The average molecular weight is 201 g/mol. The Kier molecular flexibility index (Phi) is 4.56. The van der Waals surface area contributed by atoms with E-state index in [1.54, 1.807) is 13.8 Å². The number of hydrogen-bond acceptors (Lipinski definition) is 3.